The zero-order chi connectivity index (χ0) is 20.4. The molecule has 0 saturated heterocycles. The van der Waals surface area contributed by atoms with Crippen molar-refractivity contribution in [1.82, 2.24) is 9.47 Å². The lowest BCUT2D eigenvalue weighted by atomic mass is 9.95. The molecule has 1 saturated carbocycles. The molecular weight excluding hydrogens is 362 g/mol. The number of anilines is 1. The Balaban J connectivity index is 1.50. The number of carbonyl (C=O) groups excluding carboxylic acids is 2. The van der Waals surface area contributed by atoms with Gasteiger partial charge in [0.05, 0.1) is 5.41 Å². The molecule has 0 aliphatic heterocycles. The molecule has 2 aromatic carbocycles. The summed E-state index contributed by atoms with van der Waals surface area (Å²) in [6.45, 7) is 5.74. The number of likely N-dealkylation sites (N-methyl/N-ethyl adjacent to an activating group) is 1. The van der Waals surface area contributed by atoms with E-state index in [0.29, 0.717) is 19.6 Å². The first-order valence-corrected chi connectivity index (χ1v) is 10.3. The highest BCUT2D eigenvalue weighted by molar-refractivity contribution is 6.02. The first-order valence-electron chi connectivity index (χ1n) is 10.3. The van der Waals surface area contributed by atoms with Gasteiger partial charge in [-0.1, -0.05) is 30.3 Å². The van der Waals surface area contributed by atoms with E-state index in [4.69, 9.17) is 0 Å². The minimum Gasteiger partial charge on any atom is -0.342 e. The van der Waals surface area contributed by atoms with Crippen LogP contribution in [0.5, 0.6) is 0 Å². The van der Waals surface area contributed by atoms with Gasteiger partial charge in [0.2, 0.25) is 11.8 Å². The van der Waals surface area contributed by atoms with Gasteiger partial charge in [0.25, 0.3) is 0 Å². The van der Waals surface area contributed by atoms with E-state index < -0.39 is 5.41 Å². The van der Waals surface area contributed by atoms with Gasteiger partial charge in [-0.2, -0.15) is 0 Å². The highest BCUT2D eigenvalue weighted by atomic mass is 16.2. The molecule has 1 aliphatic carbocycles. The van der Waals surface area contributed by atoms with Crippen LogP contribution in [0.1, 0.15) is 32.3 Å². The molecule has 0 atom stereocenters. The molecule has 1 heterocycles. The van der Waals surface area contributed by atoms with E-state index >= 15 is 0 Å². The van der Waals surface area contributed by atoms with Crippen LogP contribution in [0.15, 0.2) is 60.8 Å². The fourth-order valence-electron chi connectivity index (χ4n) is 4.02. The number of rotatable bonds is 7. The average Bonchev–Trinajstić information content (AvgIpc) is 3.47. The normalized spacial score (nSPS) is 14.6. The number of aromatic nitrogens is 1. The van der Waals surface area contributed by atoms with Crippen LogP contribution in [-0.4, -0.2) is 34.4 Å². The molecule has 29 heavy (non-hydrogen) atoms. The standard InChI is InChI=1S/C24H27N3O2/c1-3-26(4-2)22(28)17-27-15-12-18-16-20(10-11-21(18)27)25-23(29)24(13-14-24)19-8-6-5-7-9-19/h5-12,15-16H,3-4,13-14,17H2,1-2H3,(H,25,29). The van der Waals surface area contributed by atoms with Gasteiger partial charge in [-0.25, -0.2) is 0 Å². The van der Waals surface area contributed by atoms with Gasteiger partial charge < -0.3 is 14.8 Å². The maximum atomic E-state index is 13.0. The molecule has 3 aromatic rings. The Hall–Kier alpha value is -3.08. The van der Waals surface area contributed by atoms with E-state index in [-0.39, 0.29) is 11.8 Å². The summed E-state index contributed by atoms with van der Waals surface area (Å²) < 4.78 is 1.97. The third kappa shape index (κ3) is 3.65. The van der Waals surface area contributed by atoms with Crippen LogP contribution in [0.3, 0.4) is 0 Å². The summed E-state index contributed by atoms with van der Waals surface area (Å²) in [5.74, 6) is 0.169. The van der Waals surface area contributed by atoms with Crippen molar-refractivity contribution in [2.75, 3.05) is 18.4 Å². The molecule has 0 radical (unpaired) electrons. The summed E-state index contributed by atoms with van der Waals surface area (Å²) in [5, 5.41) is 4.11. The van der Waals surface area contributed by atoms with E-state index in [9.17, 15) is 9.59 Å². The Kier molecular flexibility index (Phi) is 5.14. The Morgan fingerprint density at radius 2 is 1.76 bits per heavy atom. The molecule has 0 unspecified atom stereocenters. The first-order chi connectivity index (χ1) is 14.1. The van der Waals surface area contributed by atoms with Gasteiger partial charge in [-0.3, -0.25) is 9.59 Å². The lowest BCUT2D eigenvalue weighted by Gasteiger charge is -2.19. The van der Waals surface area contributed by atoms with Gasteiger partial charge >= 0.3 is 0 Å². The summed E-state index contributed by atoms with van der Waals surface area (Å²) in [7, 11) is 0. The number of carbonyl (C=O) groups is 2. The number of hydrogen-bond acceptors (Lipinski definition) is 2. The molecule has 4 rings (SSSR count). The number of hydrogen-bond donors (Lipinski definition) is 1. The van der Waals surface area contributed by atoms with Gasteiger partial charge in [-0.15, -0.1) is 0 Å². The van der Waals surface area contributed by atoms with Crippen LogP contribution in [0.2, 0.25) is 0 Å². The number of benzene rings is 2. The molecule has 2 amide bonds. The van der Waals surface area contributed by atoms with E-state index in [1.807, 2.05) is 84.1 Å². The van der Waals surface area contributed by atoms with Crippen molar-refractivity contribution >= 4 is 28.4 Å². The van der Waals surface area contributed by atoms with Crippen molar-refractivity contribution < 1.29 is 9.59 Å². The fraction of sp³-hybridized carbons (Fsp3) is 0.333. The predicted octanol–water partition coefficient (Wildman–Crippen LogP) is 4.18. The largest absolute Gasteiger partial charge is 0.342 e. The van der Waals surface area contributed by atoms with Crippen LogP contribution in [-0.2, 0) is 21.5 Å². The smallest absolute Gasteiger partial charge is 0.242 e. The summed E-state index contributed by atoms with van der Waals surface area (Å²) in [6, 6.07) is 17.9. The van der Waals surface area contributed by atoms with Crippen molar-refractivity contribution in [3.63, 3.8) is 0 Å². The summed E-state index contributed by atoms with van der Waals surface area (Å²) in [4.78, 5) is 27.2. The summed E-state index contributed by atoms with van der Waals surface area (Å²) >= 11 is 0. The van der Waals surface area contributed by atoms with Crippen LogP contribution < -0.4 is 5.32 Å². The van der Waals surface area contributed by atoms with E-state index in [2.05, 4.69) is 5.32 Å². The van der Waals surface area contributed by atoms with Crippen LogP contribution in [0.25, 0.3) is 10.9 Å². The molecule has 1 aromatic heterocycles. The number of nitrogens with zero attached hydrogens (tertiary/aromatic N) is 2. The quantitative estimate of drug-likeness (QED) is 0.659. The third-order valence-corrected chi connectivity index (χ3v) is 5.96. The summed E-state index contributed by atoms with van der Waals surface area (Å²) in [5.41, 5.74) is 2.48. The Morgan fingerprint density at radius 3 is 2.41 bits per heavy atom. The zero-order valence-electron chi connectivity index (χ0n) is 17.0. The molecule has 1 N–H and O–H groups in total. The van der Waals surface area contributed by atoms with Gasteiger partial charge in [-0.05, 0) is 56.5 Å². The second kappa shape index (κ2) is 7.74. The predicted molar refractivity (Wildman–Crippen MR) is 116 cm³/mol. The Bertz CT molecular complexity index is 1030. The molecular formula is C24H27N3O2. The minimum atomic E-state index is -0.391. The second-order valence-corrected chi connectivity index (χ2v) is 7.69. The van der Waals surface area contributed by atoms with Crippen LogP contribution in [0.4, 0.5) is 5.69 Å². The van der Waals surface area contributed by atoms with Crippen molar-refractivity contribution in [3.8, 4) is 0 Å². The molecule has 5 heteroatoms. The third-order valence-electron chi connectivity index (χ3n) is 5.96. The molecule has 1 fully saturated rings. The van der Waals surface area contributed by atoms with Crippen LogP contribution >= 0.6 is 0 Å². The molecule has 1 aliphatic rings. The second-order valence-electron chi connectivity index (χ2n) is 7.69. The van der Waals surface area contributed by atoms with Gasteiger partial charge in [0, 0.05) is 35.9 Å². The van der Waals surface area contributed by atoms with Crippen molar-refractivity contribution in [2.24, 2.45) is 0 Å². The van der Waals surface area contributed by atoms with E-state index in [0.717, 1.165) is 35.0 Å². The maximum absolute atomic E-state index is 13.0. The topological polar surface area (TPSA) is 54.3 Å². The minimum absolute atomic E-state index is 0.0548. The summed E-state index contributed by atoms with van der Waals surface area (Å²) in [6.07, 6.45) is 3.70. The van der Waals surface area contributed by atoms with Gasteiger partial charge in [0.1, 0.15) is 6.54 Å². The van der Waals surface area contributed by atoms with E-state index in [1.54, 1.807) is 0 Å². The SMILES string of the molecule is CCN(CC)C(=O)Cn1ccc2cc(NC(=O)C3(c4ccccc4)CC3)ccc21. The number of nitrogens with one attached hydrogen (secondary N) is 1. The first kappa shape index (κ1) is 19.2. The highest BCUT2D eigenvalue weighted by Crippen LogP contribution is 2.49. The highest BCUT2D eigenvalue weighted by Gasteiger charge is 2.51. The number of fused-ring (bicyclic) bond motifs is 1. The zero-order valence-corrected chi connectivity index (χ0v) is 17.0. The van der Waals surface area contributed by atoms with Crippen molar-refractivity contribution in [3.05, 3.63) is 66.4 Å². The van der Waals surface area contributed by atoms with E-state index in [1.165, 1.54) is 0 Å². The lowest BCUT2D eigenvalue weighted by Crippen LogP contribution is -2.33. The Labute approximate surface area is 171 Å². The molecule has 0 bridgehead atoms. The van der Waals surface area contributed by atoms with Crippen molar-refractivity contribution in [2.45, 2.75) is 38.6 Å². The maximum Gasteiger partial charge on any atom is 0.242 e. The monoisotopic (exact) mass is 389 g/mol. The van der Waals surface area contributed by atoms with Crippen LogP contribution in [0, 0.1) is 0 Å². The average molecular weight is 389 g/mol. The molecule has 150 valence electrons. The lowest BCUT2D eigenvalue weighted by molar-refractivity contribution is -0.131. The molecule has 0 spiro atoms. The number of amides is 2. The molecule has 5 nitrogen and oxygen atoms in total. The Morgan fingerprint density at radius 1 is 1.03 bits per heavy atom. The fourth-order valence-corrected chi connectivity index (χ4v) is 4.02. The van der Waals surface area contributed by atoms with Gasteiger partial charge in [0.15, 0.2) is 0 Å². The van der Waals surface area contributed by atoms with Crippen molar-refractivity contribution in [1.29, 1.82) is 0 Å².